The number of anilines is 2. The topological polar surface area (TPSA) is 98.3 Å². The number of carboxylic acids is 1. The molecule has 2 N–H and O–H groups in total. The predicted molar refractivity (Wildman–Crippen MR) is 93.4 cm³/mol. The lowest BCUT2D eigenvalue weighted by molar-refractivity contribution is -0.297. The van der Waals surface area contributed by atoms with Crippen LogP contribution >= 0.6 is 11.6 Å². The van der Waals surface area contributed by atoms with Gasteiger partial charge in [0, 0.05) is 28.0 Å². The van der Waals surface area contributed by atoms with Crippen LogP contribution in [0.4, 0.5) is 11.4 Å². The van der Waals surface area contributed by atoms with Crippen LogP contribution in [0.1, 0.15) is 15.9 Å². The number of halogens is 1. The monoisotopic (exact) mass is 357 g/mol. The zero-order valence-electron chi connectivity index (χ0n) is 13.2. The molecule has 0 aliphatic rings. The Labute approximate surface area is 149 Å². The van der Waals surface area contributed by atoms with Crippen molar-refractivity contribution < 1.29 is 19.5 Å². The molecular formula is C18H14ClN2O4-. The predicted octanol–water partition coefficient (Wildman–Crippen LogP) is 2.15. The van der Waals surface area contributed by atoms with E-state index in [2.05, 4.69) is 10.6 Å². The van der Waals surface area contributed by atoms with Crippen molar-refractivity contribution in [3.05, 3.63) is 70.8 Å². The molecule has 0 aliphatic heterocycles. The van der Waals surface area contributed by atoms with E-state index in [0.29, 0.717) is 28.0 Å². The van der Waals surface area contributed by atoms with Gasteiger partial charge in [-0.25, -0.2) is 0 Å². The van der Waals surface area contributed by atoms with E-state index < -0.39 is 11.9 Å². The molecule has 7 heteroatoms. The fourth-order valence-electron chi connectivity index (χ4n) is 2.00. The minimum Gasteiger partial charge on any atom is -0.545 e. The van der Waals surface area contributed by atoms with E-state index in [1.165, 1.54) is 6.07 Å². The van der Waals surface area contributed by atoms with Gasteiger partial charge in [0.1, 0.15) is 0 Å². The van der Waals surface area contributed by atoms with Crippen molar-refractivity contribution in [2.75, 3.05) is 10.6 Å². The summed E-state index contributed by atoms with van der Waals surface area (Å²) in [6, 6.07) is 11.4. The first-order chi connectivity index (χ1) is 11.9. The maximum Gasteiger partial charge on any atom is 0.255 e. The van der Waals surface area contributed by atoms with Crippen LogP contribution in [0.5, 0.6) is 0 Å². The van der Waals surface area contributed by atoms with E-state index in [0.717, 1.165) is 11.6 Å². The third kappa shape index (κ3) is 5.19. The van der Waals surface area contributed by atoms with Crippen molar-refractivity contribution in [2.24, 2.45) is 0 Å². The van der Waals surface area contributed by atoms with Crippen molar-refractivity contribution in [3.8, 4) is 0 Å². The van der Waals surface area contributed by atoms with Crippen molar-refractivity contribution in [1.82, 2.24) is 0 Å². The highest BCUT2D eigenvalue weighted by atomic mass is 35.5. The van der Waals surface area contributed by atoms with Gasteiger partial charge in [-0.2, -0.15) is 0 Å². The van der Waals surface area contributed by atoms with Gasteiger partial charge in [0.15, 0.2) is 0 Å². The molecule has 2 rings (SSSR count). The molecule has 0 aliphatic carbocycles. The molecule has 0 aromatic heterocycles. The van der Waals surface area contributed by atoms with Gasteiger partial charge in [-0.3, -0.25) is 9.59 Å². The molecule has 0 saturated carbocycles. The highest BCUT2D eigenvalue weighted by molar-refractivity contribution is 6.31. The first-order valence-electron chi connectivity index (χ1n) is 7.23. The summed E-state index contributed by atoms with van der Waals surface area (Å²) in [6.45, 7) is 1.79. The maximum absolute atomic E-state index is 12.4. The first kappa shape index (κ1) is 18.2. The number of rotatable bonds is 5. The molecule has 0 bridgehead atoms. The number of hydrogen-bond acceptors (Lipinski definition) is 4. The van der Waals surface area contributed by atoms with Gasteiger partial charge < -0.3 is 20.5 Å². The second-order valence-electron chi connectivity index (χ2n) is 5.09. The second kappa shape index (κ2) is 8.12. The molecule has 2 aromatic rings. The van der Waals surface area contributed by atoms with Gasteiger partial charge in [-0.05, 0) is 48.9 Å². The van der Waals surface area contributed by atoms with Gasteiger partial charge in [-0.1, -0.05) is 23.7 Å². The lowest BCUT2D eigenvalue weighted by Crippen LogP contribution is -2.20. The van der Waals surface area contributed by atoms with Crippen LogP contribution in [0.2, 0.25) is 5.02 Å². The largest absolute Gasteiger partial charge is 0.545 e. The Hall–Kier alpha value is -3.12. The van der Waals surface area contributed by atoms with Gasteiger partial charge >= 0.3 is 0 Å². The van der Waals surface area contributed by atoms with E-state index >= 15 is 0 Å². The Morgan fingerprint density at radius 2 is 1.76 bits per heavy atom. The molecule has 0 radical (unpaired) electrons. The third-order valence-electron chi connectivity index (χ3n) is 3.28. The maximum atomic E-state index is 12.4. The highest BCUT2D eigenvalue weighted by Gasteiger charge is 2.10. The van der Waals surface area contributed by atoms with E-state index in [4.69, 9.17) is 11.6 Å². The molecule has 0 atom stereocenters. The Morgan fingerprint density at radius 3 is 2.48 bits per heavy atom. The second-order valence-corrected chi connectivity index (χ2v) is 5.50. The van der Waals surface area contributed by atoms with Gasteiger partial charge in [0.05, 0.1) is 5.97 Å². The number of nitrogens with one attached hydrogen (secondary N) is 2. The van der Waals surface area contributed by atoms with Crippen LogP contribution < -0.4 is 15.7 Å². The normalized spacial score (nSPS) is 10.5. The molecule has 6 nitrogen and oxygen atoms in total. The van der Waals surface area contributed by atoms with E-state index in [1.54, 1.807) is 43.3 Å². The standard InChI is InChI=1S/C18H15ClN2O4/c1-11-14(19)6-3-7-15(11)21-18(25)12-4-2-5-13(10-12)20-16(22)8-9-17(23)24/h2-10H,1H3,(H,20,22)(H,21,25)(H,23,24)/p-1. The number of hydrogen-bond donors (Lipinski definition) is 2. The first-order valence-corrected chi connectivity index (χ1v) is 7.61. The summed E-state index contributed by atoms with van der Waals surface area (Å²) in [5.41, 5.74) is 2.00. The summed E-state index contributed by atoms with van der Waals surface area (Å²) < 4.78 is 0. The molecule has 2 amide bonds. The Kier molecular flexibility index (Phi) is 5.92. The van der Waals surface area contributed by atoms with E-state index in [1.807, 2.05) is 0 Å². The SMILES string of the molecule is Cc1c(Cl)cccc1NC(=O)c1cccc(NC(=O)C=CC(=O)[O-])c1. The summed E-state index contributed by atoms with van der Waals surface area (Å²) in [5.74, 6) is -2.49. The van der Waals surface area contributed by atoms with Crippen molar-refractivity contribution in [2.45, 2.75) is 6.92 Å². The van der Waals surface area contributed by atoms with Crippen LogP contribution in [-0.4, -0.2) is 17.8 Å². The number of carbonyl (C=O) groups is 3. The highest BCUT2D eigenvalue weighted by Crippen LogP contribution is 2.23. The van der Waals surface area contributed by atoms with Crippen LogP contribution in [-0.2, 0) is 9.59 Å². The molecule has 0 fully saturated rings. The lowest BCUT2D eigenvalue weighted by Gasteiger charge is -2.10. The smallest absolute Gasteiger partial charge is 0.255 e. The molecule has 0 spiro atoms. The summed E-state index contributed by atoms with van der Waals surface area (Å²) in [7, 11) is 0. The van der Waals surface area contributed by atoms with Crippen LogP contribution in [0.3, 0.4) is 0 Å². The Bertz CT molecular complexity index is 862. The summed E-state index contributed by atoms with van der Waals surface area (Å²) >= 11 is 6.03. The van der Waals surface area contributed by atoms with E-state index in [-0.39, 0.29) is 5.91 Å². The molecule has 0 unspecified atom stereocenters. The van der Waals surface area contributed by atoms with Gasteiger partial charge in [0.2, 0.25) is 5.91 Å². The van der Waals surface area contributed by atoms with Gasteiger partial charge in [0.25, 0.3) is 5.91 Å². The van der Waals surface area contributed by atoms with Crippen LogP contribution in [0, 0.1) is 6.92 Å². The number of carboxylic acid groups (broad SMARTS) is 1. The molecule has 2 aromatic carbocycles. The molecule has 128 valence electrons. The number of carbonyl (C=O) groups excluding carboxylic acids is 3. The zero-order chi connectivity index (χ0) is 18.4. The minimum absolute atomic E-state index is 0.320. The quantitative estimate of drug-likeness (QED) is 0.801. The average Bonchev–Trinajstić information content (AvgIpc) is 2.57. The molecular weight excluding hydrogens is 344 g/mol. The minimum atomic E-state index is -1.47. The van der Waals surface area contributed by atoms with Crippen molar-refractivity contribution in [3.63, 3.8) is 0 Å². The van der Waals surface area contributed by atoms with E-state index in [9.17, 15) is 19.5 Å². The Morgan fingerprint density at radius 1 is 1.04 bits per heavy atom. The zero-order valence-corrected chi connectivity index (χ0v) is 14.0. The van der Waals surface area contributed by atoms with Crippen molar-refractivity contribution in [1.29, 1.82) is 0 Å². The summed E-state index contributed by atoms with van der Waals surface area (Å²) in [5, 5.41) is 16.0. The number of benzene rings is 2. The fraction of sp³-hybridized carbons (Fsp3) is 0.0556. The lowest BCUT2D eigenvalue weighted by atomic mass is 10.1. The average molecular weight is 358 g/mol. The fourth-order valence-corrected chi connectivity index (χ4v) is 2.18. The summed E-state index contributed by atoms with van der Waals surface area (Å²) in [6.07, 6.45) is 1.45. The van der Waals surface area contributed by atoms with Crippen LogP contribution in [0.25, 0.3) is 0 Å². The van der Waals surface area contributed by atoms with Crippen LogP contribution in [0.15, 0.2) is 54.6 Å². The molecule has 0 heterocycles. The number of amides is 2. The van der Waals surface area contributed by atoms with Gasteiger partial charge in [-0.15, -0.1) is 0 Å². The third-order valence-corrected chi connectivity index (χ3v) is 3.69. The molecule has 25 heavy (non-hydrogen) atoms. The van der Waals surface area contributed by atoms with Crippen molar-refractivity contribution >= 4 is 40.8 Å². The Balaban J connectivity index is 2.12. The number of aliphatic carboxylic acids is 1. The summed E-state index contributed by atoms with van der Waals surface area (Å²) in [4.78, 5) is 34.2. The molecule has 0 saturated heterocycles.